The van der Waals surface area contributed by atoms with E-state index in [0.717, 1.165) is 32.2 Å². The maximum Gasteiger partial charge on any atom is 0.317 e. The summed E-state index contributed by atoms with van der Waals surface area (Å²) in [6, 6.07) is 0.495. The van der Waals surface area contributed by atoms with Crippen LogP contribution in [-0.4, -0.2) is 67.1 Å². The Labute approximate surface area is 128 Å². The van der Waals surface area contributed by atoms with Crippen LogP contribution >= 0.6 is 0 Å². The summed E-state index contributed by atoms with van der Waals surface area (Å²) in [7, 11) is 5.42. The van der Waals surface area contributed by atoms with Crippen LogP contribution in [0.5, 0.6) is 0 Å². The number of hydrogen-bond acceptors (Lipinski definition) is 4. The molecule has 0 aromatic heterocycles. The molecule has 124 valence electrons. The van der Waals surface area contributed by atoms with Crippen molar-refractivity contribution in [2.75, 3.05) is 27.7 Å². The Bertz CT molecular complexity index is 325. The van der Waals surface area contributed by atoms with Gasteiger partial charge in [0.2, 0.25) is 0 Å². The Morgan fingerprint density at radius 2 is 1.86 bits per heavy atom. The van der Waals surface area contributed by atoms with Crippen molar-refractivity contribution < 1.29 is 9.90 Å². The standard InChI is InChI=1S/C15H32N4O2/c1-6-19(5)15(21)16-12-8-7-11(2)13(10-9-12)17-14(20)18(3)4/h11-13,15-16,21H,6-10H2,1-5H3,(H,17,20). The summed E-state index contributed by atoms with van der Waals surface area (Å²) >= 11 is 0. The molecule has 6 nitrogen and oxygen atoms in total. The molecule has 0 aromatic rings. The summed E-state index contributed by atoms with van der Waals surface area (Å²) in [5, 5.41) is 16.4. The van der Waals surface area contributed by atoms with Gasteiger partial charge >= 0.3 is 6.03 Å². The Balaban J connectivity index is 2.49. The quantitative estimate of drug-likeness (QED) is 0.524. The topological polar surface area (TPSA) is 67.8 Å². The lowest BCUT2D eigenvalue weighted by Crippen LogP contribution is -2.48. The van der Waals surface area contributed by atoms with Gasteiger partial charge in [-0.2, -0.15) is 0 Å². The van der Waals surface area contributed by atoms with Crippen molar-refractivity contribution in [2.45, 2.75) is 58.0 Å². The van der Waals surface area contributed by atoms with E-state index < -0.39 is 6.35 Å². The largest absolute Gasteiger partial charge is 0.365 e. The van der Waals surface area contributed by atoms with Crippen molar-refractivity contribution in [3.63, 3.8) is 0 Å². The summed E-state index contributed by atoms with van der Waals surface area (Å²) in [4.78, 5) is 15.3. The number of rotatable bonds is 5. The first-order chi connectivity index (χ1) is 9.85. The van der Waals surface area contributed by atoms with Gasteiger partial charge in [-0.25, -0.2) is 4.79 Å². The minimum atomic E-state index is -0.594. The smallest absolute Gasteiger partial charge is 0.317 e. The summed E-state index contributed by atoms with van der Waals surface area (Å²) < 4.78 is 0. The van der Waals surface area contributed by atoms with Gasteiger partial charge in [-0.05, 0) is 45.2 Å². The molecule has 21 heavy (non-hydrogen) atoms. The zero-order chi connectivity index (χ0) is 16.0. The molecule has 0 heterocycles. The predicted molar refractivity (Wildman–Crippen MR) is 84.9 cm³/mol. The first-order valence-electron chi connectivity index (χ1n) is 7.97. The van der Waals surface area contributed by atoms with E-state index in [1.54, 1.807) is 19.0 Å². The summed E-state index contributed by atoms with van der Waals surface area (Å²) in [5.41, 5.74) is 0. The normalized spacial score (nSPS) is 28.0. The average molecular weight is 300 g/mol. The Morgan fingerprint density at radius 3 is 2.43 bits per heavy atom. The van der Waals surface area contributed by atoms with E-state index >= 15 is 0 Å². The van der Waals surface area contributed by atoms with E-state index in [1.165, 1.54) is 0 Å². The Morgan fingerprint density at radius 1 is 1.24 bits per heavy atom. The SMILES string of the molecule is CCN(C)C(O)NC1CCC(C)C(NC(=O)N(C)C)CC1. The molecule has 0 aromatic carbocycles. The van der Waals surface area contributed by atoms with Gasteiger partial charge in [0.25, 0.3) is 0 Å². The molecule has 0 radical (unpaired) electrons. The van der Waals surface area contributed by atoms with Crippen molar-refractivity contribution in [1.82, 2.24) is 20.4 Å². The van der Waals surface area contributed by atoms with E-state index in [0.29, 0.717) is 12.0 Å². The van der Waals surface area contributed by atoms with Gasteiger partial charge < -0.3 is 15.3 Å². The third-order valence-electron chi connectivity index (χ3n) is 4.50. The van der Waals surface area contributed by atoms with Gasteiger partial charge in [0.05, 0.1) is 0 Å². The Kier molecular flexibility index (Phi) is 7.42. The molecular formula is C15H32N4O2. The van der Waals surface area contributed by atoms with Gasteiger partial charge in [-0.3, -0.25) is 10.2 Å². The number of nitrogens with one attached hydrogen (secondary N) is 2. The zero-order valence-electron chi connectivity index (χ0n) is 14.1. The fraction of sp³-hybridized carbons (Fsp3) is 0.933. The molecular weight excluding hydrogens is 268 g/mol. The molecule has 1 aliphatic rings. The van der Waals surface area contributed by atoms with Crippen molar-refractivity contribution in [3.8, 4) is 0 Å². The maximum absolute atomic E-state index is 11.8. The minimum absolute atomic E-state index is 0.0241. The maximum atomic E-state index is 11.8. The zero-order valence-corrected chi connectivity index (χ0v) is 14.1. The molecule has 1 fully saturated rings. The third kappa shape index (κ3) is 5.80. The highest BCUT2D eigenvalue weighted by Crippen LogP contribution is 2.24. The van der Waals surface area contributed by atoms with Crippen molar-refractivity contribution >= 4 is 6.03 Å². The predicted octanol–water partition coefficient (Wildman–Crippen LogP) is 1.02. The van der Waals surface area contributed by atoms with Gasteiger partial charge in [-0.15, -0.1) is 0 Å². The van der Waals surface area contributed by atoms with Crippen LogP contribution in [0.4, 0.5) is 4.79 Å². The molecule has 0 saturated heterocycles. The Hall–Kier alpha value is -0.850. The highest BCUT2D eigenvalue weighted by molar-refractivity contribution is 5.73. The number of aliphatic hydroxyl groups is 1. The molecule has 0 spiro atoms. The van der Waals surface area contributed by atoms with E-state index in [1.807, 2.05) is 18.9 Å². The molecule has 1 aliphatic carbocycles. The van der Waals surface area contributed by atoms with Crippen LogP contribution in [0.25, 0.3) is 0 Å². The molecule has 4 atom stereocenters. The number of nitrogens with zero attached hydrogens (tertiary/aromatic N) is 2. The van der Waals surface area contributed by atoms with Gasteiger partial charge in [-0.1, -0.05) is 13.8 Å². The summed E-state index contributed by atoms with van der Waals surface area (Å²) in [6.45, 7) is 5.02. The van der Waals surface area contributed by atoms with Crippen molar-refractivity contribution in [3.05, 3.63) is 0 Å². The molecule has 4 unspecified atom stereocenters. The second-order valence-corrected chi connectivity index (χ2v) is 6.39. The highest BCUT2D eigenvalue weighted by Gasteiger charge is 2.27. The summed E-state index contributed by atoms with van der Waals surface area (Å²) in [6.07, 6.45) is 3.41. The lowest BCUT2D eigenvalue weighted by atomic mass is 9.97. The average Bonchev–Trinajstić information content (AvgIpc) is 2.61. The summed E-state index contributed by atoms with van der Waals surface area (Å²) in [5.74, 6) is 0.460. The molecule has 2 amide bonds. The van der Waals surface area contributed by atoms with Crippen LogP contribution in [0.3, 0.4) is 0 Å². The number of urea groups is 1. The second-order valence-electron chi connectivity index (χ2n) is 6.39. The minimum Gasteiger partial charge on any atom is -0.365 e. The fourth-order valence-electron chi connectivity index (χ4n) is 2.65. The van der Waals surface area contributed by atoms with Gasteiger partial charge in [0.1, 0.15) is 0 Å². The molecule has 3 N–H and O–H groups in total. The van der Waals surface area contributed by atoms with Crippen LogP contribution in [0.2, 0.25) is 0 Å². The third-order valence-corrected chi connectivity index (χ3v) is 4.50. The second kappa shape index (κ2) is 8.56. The van der Waals surface area contributed by atoms with Gasteiger partial charge in [0, 0.05) is 26.2 Å². The van der Waals surface area contributed by atoms with Gasteiger partial charge in [0.15, 0.2) is 6.35 Å². The van der Waals surface area contributed by atoms with Crippen LogP contribution in [0, 0.1) is 5.92 Å². The monoisotopic (exact) mass is 300 g/mol. The molecule has 1 saturated carbocycles. The van der Waals surface area contributed by atoms with Crippen LogP contribution in [-0.2, 0) is 0 Å². The van der Waals surface area contributed by atoms with Crippen molar-refractivity contribution in [1.29, 1.82) is 0 Å². The number of hydrogen-bond donors (Lipinski definition) is 3. The highest BCUT2D eigenvalue weighted by atomic mass is 16.3. The molecule has 1 rings (SSSR count). The van der Waals surface area contributed by atoms with E-state index in [4.69, 9.17) is 0 Å². The number of amides is 2. The van der Waals surface area contributed by atoms with E-state index in [9.17, 15) is 9.90 Å². The van der Waals surface area contributed by atoms with E-state index in [-0.39, 0.29) is 12.1 Å². The molecule has 0 aliphatic heterocycles. The van der Waals surface area contributed by atoms with E-state index in [2.05, 4.69) is 17.6 Å². The first kappa shape index (κ1) is 18.2. The van der Waals surface area contributed by atoms with Crippen LogP contribution in [0.15, 0.2) is 0 Å². The number of carbonyl (C=O) groups excluding carboxylic acids is 1. The molecule has 0 bridgehead atoms. The first-order valence-corrected chi connectivity index (χ1v) is 7.97. The van der Waals surface area contributed by atoms with Crippen LogP contribution < -0.4 is 10.6 Å². The molecule has 6 heteroatoms. The van der Waals surface area contributed by atoms with Crippen molar-refractivity contribution in [2.24, 2.45) is 5.92 Å². The fourth-order valence-corrected chi connectivity index (χ4v) is 2.65. The lowest BCUT2D eigenvalue weighted by Gasteiger charge is -2.27. The number of carbonyl (C=O) groups is 1. The van der Waals surface area contributed by atoms with Crippen LogP contribution in [0.1, 0.15) is 39.5 Å². The lowest BCUT2D eigenvalue weighted by molar-refractivity contribution is -0.0128. The number of aliphatic hydroxyl groups excluding tert-OH is 1.